The number of rotatable bonds is 14. The fourth-order valence-electron chi connectivity index (χ4n) is 18.9. The Hall–Kier alpha value is -1.37. The van der Waals surface area contributed by atoms with Crippen LogP contribution in [0.15, 0.2) is 0 Å². The van der Waals surface area contributed by atoms with Crippen molar-refractivity contribution >= 4 is 6.29 Å². The molecule has 15 N–H and O–H groups in total. The molecule has 488 valence electrons. The van der Waals surface area contributed by atoms with Crippen molar-refractivity contribution in [2.45, 2.75) is 265 Å². The first-order chi connectivity index (χ1) is 40.0. The van der Waals surface area contributed by atoms with E-state index in [4.69, 9.17) is 52.1 Å². The highest BCUT2D eigenvalue weighted by Gasteiger charge is 2.80. The minimum atomic E-state index is -2.08. The SMILES string of the molecule is CC1(C)[C@@H](O[C@@H]2OC[C@H](O[C@@H]3O[C@H](CO)[C@@H](O)[C@H](O)[C@H]3O[C@@H]3OC[C@@H](O)[C@H](O)[C@H]3O)[C@H](O)[C@H]2O[C@@H]2O[C@H](CO)[C@@H](O[C@@H]3O[C@H](CO)[C@@H](O)[C@H](O)[C@H]3O)[C@H](O)[C@H]2O)CC[C@]2(C)[C@H]3CC[C@]45OC[C@@]6(CC[C@](C)(C=O)C[C@H]64)[C@H](O)C[C@@]5(C)[C@]3(C)CC[C@@H]12. The fourth-order valence-corrected chi connectivity index (χ4v) is 18.9. The minimum Gasteiger partial charge on any atom is -0.394 e. The van der Waals surface area contributed by atoms with Gasteiger partial charge >= 0.3 is 0 Å². The van der Waals surface area contributed by atoms with Crippen molar-refractivity contribution in [1.29, 1.82) is 0 Å². The smallest absolute Gasteiger partial charge is 0.187 e. The van der Waals surface area contributed by atoms with Gasteiger partial charge in [-0.25, -0.2) is 0 Å². The number of aliphatic hydroxyl groups excluding tert-OH is 15. The number of aldehydes is 1. The first kappa shape index (κ1) is 65.1. The Morgan fingerprint density at radius 2 is 1.05 bits per heavy atom. The Bertz CT molecular complexity index is 2340. The summed E-state index contributed by atoms with van der Waals surface area (Å²) in [6.45, 7) is 10.4. The van der Waals surface area contributed by atoms with Gasteiger partial charge in [-0.1, -0.05) is 41.5 Å². The summed E-state index contributed by atoms with van der Waals surface area (Å²) in [6.07, 6.45) is -33.1. The van der Waals surface area contributed by atoms with Crippen LogP contribution in [-0.2, 0) is 56.9 Å². The molecule has 85 heavy (non-hydrogen) atoms. The molecule has 27 heteroatoms. The third-order valence-corrected chi connectivity index (χ3v) is 24.1. The van der Waals surface area contributed by atoms with E-state index in [1.54, 1.807) is 0 Å². The van der Waals surface area contributed by atoms with Gasteiger partial charge in [0.15, 0.2) is 31.5 Å². The van der Waals surface area contributed by atoms with Crippen molar-refractivity contribution in [3.63, 3.8) is 0 Å². The monoisotopic (exact) mass is 1220 g/mol. The van der Waals surface area contributed by atoms with Crippen LogP contribution in [0.25, 0.3) is 0 Å². The third-order valence-electron chi connectivity index (χ3n) is 24.1. The van der Waals surface area contributed by atoms with Gasteiger partial charge < -0.3 is 133 Å². The van der Waals surface area contributed by atoms with Gasteiger partial charge in [-0.05, 0) is 98.2 Å². The number of hydrogen-bond acceptors (Lipinski definition) is 27. The molecule has 0 aromatic carbocycles. The summed E-state index contributed by atoms with van der Waals surface area (Å²) in [7, 11) is 0. The summed E-state index contributed by atoms with van der Waals surface area (Å²) < 4.78 is 67.9. The van der Waals surface area contributed by atoms with Crippen LogP contribution in [0.1, 0.15) is 106 Å². The standard InChI is InChI=1S/C58H94O27/c1-52(2)29-7-11-55(5)30(8-12-58-31-15-53(3,22-62)13-14-57(31,23-77-58)32(64)16-56(55,58)6)54(29,4)10-9-33(52)82-50-45(85-49-43(74)40(71)44(27(19-61)80-49)83-48-42(73)38(69)35(66)25(17-59)78-48)37(68)28(21-76-50)81-51-46(39(70)36(67)26(18-60)79-51)84-47-41(72)34(65)24(63)20-75-47/h22,24-51,59-61,63-74H,7-21,23H2,1-6H3/t24-,25-,26-,27-,28+,29+,30-,31-,32-,33+,34+,35-,36-,37+,38+,39+,40-,41-,42-,43-,44-,45-,46-,47+,48+,49+,50+,51+,53+,54+,55-,56+,57-,58+/m1/s1. The lowest BCUT2D eigenvalue weighted by molar-refractivity contribution is -0.398. The summed E-state index contributed by atoms with van der Waals surface area (Å²) in [5.41, 5.74) is -2.91. The molecule has 0 amide bonds. The predicted octanol–water partition coefficient (Wildman–Crippen LogP) is -4.07. The van der Waals surface area contributed by atoms with Gasteiger partial charge in [0, 0.05) is 16.2 Å². The zero-order valence-corrected chi connectivity index (χ0v) is 49.2. The molecule has 6 heterocycles. The van der Waals surface area contributed by atoms with Crippen molar-refractivity contribution < 1.29 is 133 Å². The minimum absolute atomic E-state index is 0.0368. The zero-order chi connectivity index (χ0) is 61.5. The van der Waals surface area contributed by atoms with Gasteiger partial charge in [-0.2, -0.15) is 0 Å². The van der Waals surface area contributed by atoms with Crippen LogP contribution in [0, 0.1) is 50.2 Å². The molecule has 1 spiro atoms. The van der Waals surface area contributed by atoms with Gasteiger partial charge in [-0.3, -0.25) is 0 Å². The first-order valence-electron chi connectivity index (χ1n) is 30.6. The highest BCUT2D eigenvalue weighted by atomic mass is 16.8. The van der Waals surface area contributed by atoms with E-state index < -0.39 is 208 Å². The second kappa shape index (κ2) is 23.6. The molecule has 11 rings (SSSR count). The molecule has 27 nitrogen and oxygen atoms in total. The number of carbonyl (C=O) groups is 1. The number of carbonyl (C=O) groups excluding carboxylic acids is 1. The normalized spacial score (nSPS) is 57.6. The third kappa shape index (κ3) is 10.2. The molecule has 11 fully saturated rings. The molecule has 11 aliphatic rings. The van der Waals surface area contributed by atoms with E-state index in [2.05, 4.69) is 34.6 Å². The Morgan fingerprint density at radius 1 is 0.482 bits per heavy atom. The highest BCUT2D eigenvalue weighted by molar-refractivity contribution is 5.59. The average Bonchev–Trinajstić information content (AvgIpc) is 1.64. The molecule has 2 bridgehead atoms. The molecule has 0 aromatic rings. The predicted molar refractivity (Wildman–Crippen MR) is 283 cm³/mol. The van der Waals surface area contributed by atoms with Crippen molar-refractivity contribution in [1.82, 2.24) is 0 Å². The maximum Gasteiger partial charge on any atom is 0.187 e. The molecule has 6 saturated heterocycles. The first-order valence-corrected chi connectivity index (χ1v) is 30.6. The number of aliphatic hydroxyl groups is 15. The lowest BCUT2D eigenvalue weighted by atomic mass is 9.30. The van der Waals surface area contributed by atoms with Gasteiger partial charge in [0.05, 0.1) is 57.5 Å². The molecule has 0 unspecified atom stereocenters. The Balaban J connectivity index is 0.856. The van der Waals surface area contributed by atoms with Crippen LogP contribution >= 0.6 is 0 Å². The van der Waals surface area contributed by atoms with Crippen LogP contribution in [-0.4, -0.2) is 282 Å². The molecule has 5 aliphatic carbocycles. The van der Waals surface area contributed by atoms with E-state index >= 15 is 0 Å². The summed E-state index contributed by atoms with van der Waals surface area (Å²) in [4.78, 5) is 12.6. The number of fused-ring (bicyclic) bond motifs is 4. The second-order valence-electron chi connectivity index (χ2n) is 28.6. The maximum atomic E-state index is 12.6. The molecule has 6 aliphatic heterocycles. The lowest BCUT2D eigenvalue weighted by Gasteiger charge is -2.75. The molecule has 5 saturated carbocycles. The van der Waals surface area contributed by atoms with Crippen molar-refractivity contribution in [3.8, 4) is 0 Å². The van der Waals surface area contributed by atoms with E-state index in [9.17, 15) is 81.4 Å². The van der Waals surface area contributed by atoms with E-state index in [0.717, 1.165) is 44.8 Å². The van der Waals surface area contributed by atoms with E-state index in [1.807, 2.05) is 6.92 Å². The van der Waals surface area contributed by atoms with Crippen LogP contribution in [0.3, 0.4) is 0 Å². The number of hydrogen-bond donors (Lipinski definition) is 15. The average molecular weight is 1220 g/mol. The summed E-state index contributed by atoms with van der Waals surface area (Å²) >= 11 is 0. The van der Waals surface area contributed by atoms with Gasteiger partial charge in [0.1, 0.15) is 116 Å². The quantitative estimate of drug-likeness (QED) is 0.0581. The fraction of sp³-hybridized carbons (Fsp3) is 0.983. The Kier molecular flexibility index (Phi) is 18.1. The molecule has 0 aromatic heterocycles. The van der Waals surface area contributed by atoms with Crippen LogP contribution in [0.2, 0.25) is 0 Å². The Morgan fingerprint density at radius 3 is 1.72 bits per heavy atom. The molecular weight excluding hydrogens is 1130 g/mol. The highest BCUT2D eigenvalue weighted by Crippen LogP contribution is 2.80. The van der Waals surface area contributed by atoms with Gasteiger partial charge in [-0.15, -0.1) is 0 Å². The lowest BCUT2D eigenvalue weighted by Crippen LogP contribution is -2.74. The zero-order valence-electron chi connectivity index (χ0n) is 49.2. The molecule has 0 radical (unpaired) electrons. The van der Waals surface area contributed by atoms with Gasteiger partial charge in [0.2, 0.25) is 0 Å². The van der Waals surface area contributed by atoms with Crippen molar-refractivity contribution in [2.24, 2.45) is 50.2 Å². The molecule has 34 atom stereocenters. The summed E-state index contributed by atoms with van der Waals surface area (Å²) in [6, 6.07) is 0. The van der Waals surface area contributed by atoms with E-state index in [0.29, 0.717) is 32.3 Å². The maximum absolute atomic E-state index is 12.6. The number of ether oxygens (including phenoxy) is 11. The largest absolute Gasteiger partial charge is 0.394 e. The van der Waals surface area contributed by atoms with Gasteiger partial charge in [0.25, 0.3) is 0 Å². The summed E-state index contributed by atoms with van der Waals surface area (Å²) in [5.74, 6) is 0.302. The topological polar surface area (TPSA) is 422 Å². The summed E-state index contributed by atoms with van der Waals surface area (Å²) in [5, 5.41) is 164. The van der Waals surface area contributed by atoms with Crippen LogP contribution < -0.4 is 0 Å². The van der Waals surface area contributed by atoms with Crippen LogP contribution in [0.5, 0.6) is 0 Å². The van der Waals surface area contributed by atoms with Crippen LogP contribution in [0.4, 0.5) is 0 Å². The second-order valence-corrected chi connectivity index (χ2v) is 28.6. The van der Waals surface area contributed by atoms with E-state index in [-0.39, 0.29) is 34.0 Å². The van der Waals surface area contributed by atoms with Crippen molar-refractivity contribution in [2.75, 3.05) is 39.6 Å². The van der Waals surface area contributed by atoms with E-state index in [1.165, 1.54) is 0 Å². The van der Waals surface area contributed by atoms with Crippen molar-refractivity contribution in [3.05, 3.63) is 0 Å². The Labute approximate surface area is 493 Å². The molecular formula is C58H94O27.